The molecule has 5 rings (SSSR count). The van der Waals surface area contributed by atoms with Crippen molar-refractivity contribution in [3.8, 4) is 5.75 Å². The lowest BCUT2D eigenvalue weighted by molar-refractivity contribution is 0.0972. The number of ketones is 1. The minimum absolute atomic E-state index is 0.189. The molecule has 0 saturated heterocycles. The highest BCUT2D eigenvalue weighted by Gasteiger charge is 2.25. The van der Waals surface area contributed by atoms with Gasteiger partial charge in [-0.3, -0.25) is 4.79 Å². The Morgan fingerprint density at radius 2 is 1.80 bits per heavy atom. The lowest BCUT2D eigenvalue weighted by Crippen LogP contribution is -2.31. The Kier molecular flexibility index (Phi) is 7.49. The average Bonchev–Trinajstić information content (AvgIpc) is 2.91. The number of Topliss-reactive ketones (excluding diaryl/α,β-unsaturated/α-hetero) is 1. The Morgan fingerprint density at radius 1 is 1.00 bits per heavy atom. The summed E-state index contributed by atoms with van der Waals surface area (Å²) in [6.07, 6.45) is 7.88. The minimum atomic E-state index is -0.189. The number of anilines is 1. The summed E-state index contributed by atoms with van der Waals surface area (Å²) < 4.78 is 10.3. The summed E-state index contributed by atoms with van der Waals surface area (Å²) in [5.74, 6) is 1.80. The van der Waals surface area contributed by atoms with E-state index < -0.39 is 0 Å². The van der Waals surface area contributed by atoms with E-state index in [2.05, 4.69) is 51.0 Å². The molecule has 3 aromatic carbocycles. The maximum atomic E-state index is 12.6. The van der Waals surface area contributed by atoms with Crippen LogP contribution in [0.2, 0.25) is 0 Å². The molecule has 0 saturated carbocycles. The molecule has 3 aromatic rings. The van der Waals surface area contributed by atoms with Gasteiger partial charge in [0.05, 0.1) is 18.6 Å². The van der Waals surface area contributed by atoms with Crippen molar-refractivity contribution in [1.82, 2.24) is 4.90 Å². The Morgan fingerprint density at radius 3 is 2.57 bits per heavy atom. The summed E-state index contributed by atoms with van der Waals surface area (Å²) in [6, 6.07) is 24.6. The largest absolute Gasteiger partial charge is 0.482 e. The predicted molar refractivity (Wildman–Crippen MR) is 144 cm³/mol. The normalized spacial score (nSPS) is 15.5. The molecule has 2 aliphatic rings. The highest BCUT2D eigenvalue weighted by Crippen LogP contribution is 2.39. The molecule has 0 amide bonds. The SMILES string of the molecule is O=C1CCCc2c1ccc(OC(CN1C=NC=CC1)c1ccccc1)c2NSCc1ccccc1. The van der Waals surface area contributed by atoms with Crippen molar-refractivity contribution >= 4 is 29.8 Å². The number of aliphatic imine (C=N–C) groups is 1. The summed E-state index contributed by atoms with van der Waals surface area (Å²) in [7, 11) is 0. The molecule has 0 spiro atoms. The maximum absolute atomic E-state index is 12.6. The van der Waals surface area contributed by atoms with Gasteiger partial charge in [-0.2, -0.15) is 0 Å². The highest BCUT2D eigenvalue weighted by atomic mass is 32.2. The van der Waals surface area contributed by atoms with Crippen LogP contribution in [-0.4, -0.2) is 30.1 Å². The van der Waals surface area contributed by atoms with E-state index in [4.69, 9.17) is 4.74 Å². The molecule has 0 radical (unpaired) electrons. The van der Waals surface area contributed by atoms with Crippen molar-refractivity contribution in [3.05, 3.63) is 107 Å². The van der Waals surface area contributed by atoms with Crippen molar-refractivity contribution in [3.63, 3.8) is 0 Å². The zero-order valence-electron chi connectivity index (χ0n) is 19.6. The van der Waals surface area contributed by atoms with Crippen LogP contribution in [0.1, 0.15) is 46.0 Å². The molecular weight excluding hydrogens is 454 g/mol. The third kappa shape index (κ3) is 5.77. The first-order valence-corrected chi connectivity index (χ1v) is 13.0. The van der Waals surface area contributed by atoms with Crippen molar-refractivity contribution < 1.29 is 9.53 Å². The van der Waals surface area contributed by atoms with Crippen LogP contribution in [0, 0.1) is 0 Å². The van der Waals surface area contributed by atoms with Gasteiger partial charge in [0, 0.05) is 30.5 Å². The van der Waals surface area contributed by atoms with Gasteiger partial charge in [0.2, 0.25) is 0 Å². The summed E-state index contributed by atoms with van der Waals surface area (Å²) in [5.41, 5.74) is 5.15. The molecule has 1 aliphatic carbocycles. The lowest BCUT2D eigenvalue weighted by Gasteiger charge is -2.29. The molecule has 178 valence electrons. The van der Waals surface area contributed by atoms with Gasteiger partial charge < -0.3 is 14.4 Å². The molecule has 0 fully saturated rings. The number of carbonyl (C=O) groups is 1. The van der Waals surface area contributed by atoms with Crippen molar-refractivity contribution in [1.29, 1.82) is 0 Å². The van der Waals surface area contributed by atoms with Gasteiger partial charge in [0.15, 0.2) is 5.78 Å². The Bertz CT molecular complexity index is 1210. The number of nitrogens with zero attached hydrogens (tertiary/aromatic N) is 2. The fourth-order valence-electron chi connectivity index (χ4n) is 4.47. The molecule has 0 aromatic heterocycles. The van der Waals surface area contributed by atoms with E-state index in [1.165, 1.54) is 5.56 Å². The van der Waals surface area contributed by atoms with Gasteiger partial charge in [-0.15, -0.1) is 0 Å². The number of hydrogen-bond acceptors (Lipinski definition) is 6. The molecule has 35 heavy (non-hydrogen) atoms. The van der Waals surface area contributed by atoms with Crippen molar-refractivity contribution in [2.75, 3.05) is 17.8 Å². The first-order valence-electron chi connectivity index (χ1n) is 12.0. The fraction of sp³-hybridized carbons (Fsp3) is 0.241. The monoisotopic (exact) mass is 483 g/mol. The average molecular weight is 484 g/mol. The van der Waals surface area contributed by atoms with Crippen LogP contribution in [-0.2, 0) is 12.2 Å². The first-order chi connectivity index (χ1) is 17.3. The summed E-state index contributed by atoms with van der Waals surface area (Å²) in [5, 5.41) is 0. The van der Waals surface area contributed by atoms with Crippen LogP contribution in [0.5, 0.6) is 5.75 Å². The van der Waals surface area contributed by atoms with Crippen LogP contribution < -0.4 is 9.46 Å². The van der Waals surface area contributed by atoms with Crippen LogP contribution >= 0.6 is 11.9 Å². The third-order valence-electron chi connectivity index (χ3n) is 6.26. The summed E-state index contributed by atoms with van der Waals surface area (Å²) in [4.78, 5) is 19.1. The van der Waals surface area contributed by atoms with E-state index in [1.807, 2.05) is 55.0 Å². The van der Waals surface area contributed by atoms with E-state index in [9.17, 15) is 4.79 Å². The Balaban J connectivity index is 1.43. The highest BCUT2D eigenvalue weighted by molar-refractivity contribution is 7.99. The number of ether oxygens (including phenoxy) is 1. The van der Waals surface area contributed by atoms with Crippen molar-refractivity contribution in [2.24, 2.45) is 4.99 Å². The third-order valence-corrected chi connectivity index (χ3v) is 7.09. The van der Waals surface area contributed by atoms with E-state index in [0.29, 0.717) is 13.0 Å². The Hall–Kier alpha value is -3.51. The quantitative estimate of drug-likeness (QED) is 0.355. The fourth-order valence-corrected chi connectivity index (χ4v) is 5.27. The second-order valence-corrected chi connectivity index (χ2v) is 9.52. The molecule has 1 N–H and O–H groups in total. The van der Waals surface area contributed by atoms with Crippen molar-refractivity contribution in [2.45, 2.75) is 31.1 Å². The smallest absolute Gasteiger partial charge is 0.163 e. The number of rotatable bonds is 9. The number of hydrogen-bond donors (Lipinski definition) is 1. The van der Waals surface area contributed by atoms with Gasteiger partial charge in [0.1, 0.15) is 11.9 Å². The number of nitrogens with one attached hydrogen (secondary N) is 1. The van der Waals surface area contributed by atoms with Crippen LogP contribution in [0.25, 0.3) is 0 Å². The molecule has 1 aliphatic heterocycles. The molecule has 0 bridgehead atoms. The van der Waals surface area contributed by atoms with E-state index >= 15 is 0 Å². The molecule has 1 atom stereocenters. The summed E-state index contributed by atoms with van der Waals surface area (Å²) >= 11 is 1.62. The van der Waals surface area contributed by atoms with E-state index in [0.717, 1.165) is 53.3 Å². The van der Waals surface area contributed by atoms with Gasteiger partial charge in [-0.05, 0) is 59.7 Å². The minimum Gasteiger partial charge on any atom is -0.482 e. The standard InChI is InChI=1S/C29H29N3O2S/c33-26-14-7-13-25-24(26)15-16-27(29(25)31-35-20-22-9-3-1-4-10-22)34-28(23-11-5-2-6-12-23)19-32-18-8-17-30-21-32/h1-6,8-12,15-17,21,28,31H,7,13-14,18-20H2. The van der Waals surface area contributed by atoms with Crippen LogP contribution in [0.3, 0.4) is 0 Å². The number of carbonyl (C=O) groups excluding carboxylic acids is 1. The van der Waals surface area contributed by atoms with Gasteiger partial charge in [-0.1, -0.05) is 60.7 Å². The Labute approximate surface area is 211 Å². The second kappa shape index (κ2) is 11.3. The molecule has 6 heteroatoms. The molecular formula is C29H29N3O2S. The number of benzene rings is 3. The molecule has 5 nitrogen and oxygen atoms in total. The first kappa shape index (κ1) is 23.2. The lowest BCUT2D eigenvalue weighted by atomic mass is 9.89. The second-order valence-electron chi connectivity index (χ2n) is 8.74. The zero-order chi connectivity index (χ0) is 23.9. The number of fused-ring (bicyclic) bond motifs is 1. The van der Waals surface area contributed by atoms with E-state index in [1.54, 1.807) is 11.9 Å². The van der Waals surface area contributed by atoms with Gasteiger partial charge in [-0.25, -0.2) is 4.99 Å². The molecule has 1 heterocycles. The van der Waals surface area contributed by atoms with Gasteiger partial charge >= 0.3 is 0 Å². The maximum Gasteiger partial charge on any atom is 0.163 e. The predicted octanol–water partition coefficient (Wildman–Crippen LogP) is 6.44. The van der Waals surface area contributed by atoms with E-state index in [-0.39, 0.29) is 11.9 Å². The summed E-state index contributed by atoms with van der Waals surface area (Å²) in [6.45, 7) is 1.47. The zero-order valence-corrected chi connectivity index (χ0v) is 20.4. The molecule has 1 unspecified atom stereocenters. The topological polar surface area (TPSA) is 53.9 Å². The van der Waals surface area contributed by atoms with Gasteiger partial charge in [0.25, 0.3) is 0 Å². The van der Waals surface area contributed by atoms with Crippen LogP contribution in [0.4, 0.5) is 5.69 Å². The van der Waals surface area contributed by atoms with Crippen LogP contribution in [0.15, 0.2) is 90.1 Å².